The van der Waals surface area contributed by atoms with Crippen LogP contribution in [0.2, 0.25) is 0 Å². The van der Waals surface area contributed by atoms with Gasteiger partial charge in [-0.05, 0) is 5.56 Å². The van der Waals surface area contributed by atoms with Gasteiger partial charge in [0.05, 0.1) is 23.6 Å². The Morgan fingerprint density at radius 2 is 1.64 bits per heavy atom. The van der Waals surface area contributed by atoms with Gasteiger partial charge in [0, 0.05) is 18.7 Å². The molecule has 0 fully saturated rings. The van der Waals surface area contributed by atoms with E-state index in [1.807, 2.05) is 60.7 Å². The molecule has 4 aromatic rings. The zero-order chi connectivity index (χ0) is 17.2. The van der Waals surface area contributed by atoms with E-state index in [0.29, 0.717) is 17.9 Å². The van der Waals surface area contributed by atoms with E-state index in [4.69, 9.17) is 4.74 Å². The number of benzene rings is 2. The van der Waals surface area contributed by atoms with Crippen LogP contribution < -0.4 is 5.56 Å². The second-order valence-electron chi connectivity index (χ2n) is 5.77. The molecule has 0 aliphatic rings. The maximum atomic E-state index is 12.5. The smallest absolute Gasteiger partial charge is 0.273 e. The van der Waals surface area contributed by atoms with Crippen LogP contribution in [-0.4, -0.2) is 21.7 Å². The van der Waals surface area contributed by atoms with Crippen molar-refractivity contribution in [1.29, 1.82) is 0 Å². The summed E-state index contributed by atoms with van der Waals surface area (Å²) in [5, 5.41) is 3.22. The molecule has 5 heteroatoms. The lowest BCUT2D eigenvalue weighted by molar-refractivity contribution is 0.181. The van der Waals surface area contributed by atoms with Crippen molar-refractivity contribution >= 4 is 5.65 Å². The maximum absolute atomic E-state index is 12.5. The first kappa shape index (κ1) is 15.4. The molecule has 0 aliphatic heterocycles. The monoisotopic (exact) mass is 331 g/mol. The Labute approximate surface area is 144 Å². The molecule has 2 aromatic heterocycles. The van der Waals surface area contributed by atoms with Gasteiger partial charge in [0.15, 0.2) is 5.65 Å². The molecule has 0 saturated carbocycles. The minimum atomic E-state index is -0.156. The first-order valence-electron chi connectivity index (χ1n) is 8.02. The molecular formula is C20H17N3O2. The van der Waals surface area contributed by atoms with Crippen molar-refractivity contribution in [2.24, 2.45) is 0 Å². The van der Waals surface area contributed by atoms with Crippen molar-refractivity contribution in [3.63, 3.8) is 0 Å². The number of hydrogen-bond donors (Lipinski definition) is 1. The summed E-state index contributed by atoms with van der Waals surface area (Å²) >= 11 is 0. The quantitative estimate of drug-likeness (QED) is 0.622. The van der Waals surface area contributed by atoms with Gasteiger partial charge in [0.25, 0.3) is 5.56 Å². The Hall–Kier alpha value is -3.18. The van der Waals surface area contributed by atoms with Gasteiger partial charge in [-0.2, -0.15) is 0 Å². The minimum Gasteiger partial charge on any atom is -0.378 e. The molecule has 25 heavy (non-hydrogen) atoms. The van der Waals surface area contributed by atoms with Crippen molar-refractivity contribution in [3.8, 4) is 22.4 Å². The lowest BCUT2D eigenvalue weighted by Crippen LogP contribution is -2.15. The number of ether oxygens (including phenoxy) is 1. The number of methoxy groups -OCH3 is 1. The highest BCUT2D eigenvalue weighted by Crippen LogP contribution is 2.33. The lowest BCUT2D eigenvalue weighted by Gasteiger charge is -2.04. The molecule has 0 amide bonds. The standard InChI is InChI=1S/C20H17N3O2/c1-25-13-16-12-17(24)23-20(21-16)18(14-8-4-2-5-9-14)19(22-23)15-10-6-3-7-11-15/h2-12,22H,13H2,1H3. The van der Waals surface area contributed by atoms with Crippen LogP contribution >= 0.6 is 0 Å². The van der Waals surface area contributed by atoms with Gasteiger partial charge >= 0.3 is 0 Å². The number of nitrogens with zero attached hydrogens (tertiary/aromatic N) is 2. The largest absolute Gasteiger partial charge is 0.378 e. The first-order chi connectivity index (χ1) is 12.3. The Morgan fingerprint density at radius 1 is 1.00 bits per heavy atom. The van der Waals surface area contributed by atoms with E-state index in [0.717, 1.165) is 22.4 Å². The Bertz CT molecular complexity index is 1070. The Morgan fingerprint density at radius 3 is 2.28 bits per heavy atom. The van der Waals surface area contributed by atoms with Crippen LogP contribution in [0.25, 0.3) is 28.0 Å². The average molecular weight is 331 g/mol. The van der Waals surface area contributed by atoms with Crippen molar-refractivity contribution in [1.82, 2.24) is 14.6 Å². The van der Waals surface area contributed by atoms with Crippen LogP contribution in [0.1, 0.15) is 5.69 Å². The summed E-state index contributed by atoms with van der Waals surface area (Å²) in [6.45, 7) is 0.297. The molecule has 4 rings (SSSR count). The van der Waals surface area contributed by atoms with E-state index >= 15 is 0 Å². The predicted molar refractivity (Wildman–Crippen MR) is 97.4 cm³/mol. The van der Waals surface area contributed by atoms with Crippen LogP contribution in [0, 0.1) is 0 Å². The molecular weight excluding hydrogens is 314 g/mol. The van der Waals surface area contributed by atoms with E-state index in [2.05, 4.69) is 10.1 Å². The third-order valence-corrected chi connectivity index (χ3v) is 4.09. The van der Waals surface area contributed by atoms with Gasteiger partial charge in [0.1, 0.15) is 0 Å². The van der Waals surface area contributed by atoms with Gasteiger partial charge in [0.2, 0.25) is 0 Å². The van der Waals surface area contributed by atoms with Crippen LogP contribution in [0.15, 0.2) is 71.5 Å². The maximum Gasteiger partial charge on any atom is 0.273 e. The molecule has 0 atom stereocenters. The highest BCUT2D eigenvalue weighted by Gasteiger charge is 2.18. The van der Waals surface area contributed by atoms with E-state index in [1.54, 1.807) is 7.11 Å². The normalized spacial score (nSPS) is 11.1. The fourth-order valence-electron chi connectivity index (χ4n) is 3.00. The fraction of sp³-hybridized carbons (Fsp3) is 0.100. The van der Waals surface area contributed by atoms with Crippen molar-refractivity contribution in [2.75, 3.05) is 7.11 Å². The average Bonchev–Trinajstić information content (AvgIpc) is 3.03. The number of aromatic nitrogens is 3. The molecule has 2 aromatic carbocycles. The molecule has 0 unspecified atom stereocenters. The van der Waals surface area contributed by atoms with Gasteiger partial charge in [-0.15, -0.1) is 0 Å². The second-order valence-corrected chi connectivity index (χ2v) is 5.77. The topological polar surface area (TPSA) is 59.4 Å². The number of H-pyrrole nitrogens is 1. The number of aromatic amines is 1. The zero-order valence-electron chi connectivity index (χ0n) is 13.8. The van der Waals surface area contributed by atoms with Gasteiger partial charge in [-0.25, -0.2) is 9.50 Å². The van der Waals surface area contributed by atoms with Crippen molar-refractivity contribution < 1.29 is 4.74 Å². The molecule has 0 bridgehead atoms. The van der Waals surface area contributed by atoms with Gasteiger partial charge in [-0.3, -0.25) is 9.89 Å². The molecule has 0 aliphatic carbocycles. The Kier molecular flexibility index (Phi) is 3.91. The van der Waals surface area contributed by atoms with Crippen LogP contribution in [0.5, 0.6) is 0 Å². The third kappa shape index (κ3) is 2.75. The summed E-state index contributed by atoms with van der Waals surface area (Å²) in [4.78, 5) is 17.2. The van der Waals surface area contributed by atoms with Gasteiger partial charge in [-0.1, -0.05) is 60.7 Å². The summed E-state index contributed by atoms with van der Waals surface area (Å²) in [7, 11) is 1.59. The van der Waals surface area contributed by atoms with Crippen LogP contribution in [-0.2, 0) is 11.3 Å². The highest BCUT2D eigenvalue weighted by molar-refractivity contribution is 5.90. The molecule has 0 spiro atoms. The SMILES string of the molecule is COCc1cc(=O)n2[nH]c(-c3ccccc3)c(-c3ccccc3)c2n1. The summed E-state index contributed by atoms with van der Waals surface area (Å²) in [6, 6.07) is 21.4. The van der Waals surface area contributed by atoms with Crippen molar-refractivity contribution in [2.45, 2.75) is 6.61 Å². The zero-order valence-corrected chi connectivity index (χ0v) is 13.8. The predicted octanol–water partition coefficient (Wildman–Crippen LogP) is 3.50. The molecule has 1 N–H and O–H groups in total. The molecule has 0 saturated heterocycles. The summed E-state index contributed by atoms with van der Waals surface area (Å²) < 4.78 is 6.64. The van der Waals surface area contributed by atoms with E-state index in [1.165, 1.54) is 10.6 Å². The van der Waals surface area contributed by atoms with Crippen LogP contribution in [0.4, 0.5) is 0 Å². The molecule has 5 nitrogen and oxygen atoms in total. The summed E-state index contributed by atoms with van der Waals surface area (Å²) in [5.74, 6) is 0. The van der Waals surface area contributed by atoms with E-state index in [9.17, 15) is 4.79 Å². The first-order valence-corrected chi connectivity index (χ1v) is 8.02. The lowest BCUT2D eigenvalue weighted by atomic mass is 10.0. The molecule has 124 valence electrons. The van der Waals surface area contributed by atoms with Crippen LogP contribution in [0.3, 0.4) is 0 Å². The summed E-state index contributed by atoms with van der Waals surface area (Å²) in [5.41, 5.74) is 4.83. The summed E-state index contributed by atoms with van der Waals surface area (Å²) in [6.07, 6.45) is 0. The number of hydrogen-bond acceptors (Lipinski definition) is 3. The number of nitrogens with one attached hydrogen (secondary N) is 1. The minimum absolute atomic E-state index is 0.156. The molecule has 2 heterocycles. The highest BCUT2D eigenvalue weighted by atomic mass is 16.5. The third-order valence-electron chi connectivity index (χ3n) is 4.09. The van der Waals surface area contributed by atoms with Crippen molar-refractivity contribution in [3.05, 3.63) is 82.8 Å². The fourth-order valence-corrected chi connectivity index (χ4v) is 3.00. The molecule has 0 radical (unpaired) electrons. The number of fused-ring (bicyclic) bond motifs is 1. The van der Waals surface area contributed by atoms with E-state index < -0.39 is 0 Å². The van der Waals surface area contributed by atoms with Gasteiger partial charge < -0.3 is 4.74 Å². The van der Waals surface area contributed by atoms with E-state index in [-0.39, 0.29) is 5.56 Å². The number of rotatable bonds is 4. The second kappa shape index (κ2) is 6.37. The Balaban J connectivity index is 2.08.